The molecular formula is C16H30O7. The van der Waals surface area contributed by atoms with Gasteiger partial charge in [0, 0.05) is 18.4 Å². The summed E-state index contributed by atoms with van der Waals surface area (Å²) in [6, 6.07) is 0. The van der Waals surface area contributed by atoms with E-state index in [1.807, 2.05) is 13.8 Å². The highest BCUT2D eigenvalue weighted by atomic mass is 16.5. The Hall–Kier alpha value is -1.63. The minimum absolute atomic E-state index is 0. The van der Waals surface area contributed by atoms with Crippen LogP contribution in [0.2, 0.25) is 0 Å². The molecule has 0 radical (unpaired) electrons. The number of ether oxygens (including phenoxy) is 2. The number of carbonyl (C=O) groups is 3. The lowest BCUT2D eigenvalue weighted by atomic mass is 10.1. The molecule has 0 spiro atoms. The van der Waals surface area contributed by atoms with Crippen molar-refractivity contribution in [2.75, 3.05) is 19.8 Å². The molecule has 7 heteroatoms. The Labute approximate surface area is 138 Å². The summed E-state index contributed by atoms with van der Waals surface area (Å²) >= 11 is 0. The van der Waals surface area contributed by atoms with Crippen LogP contribution >= 0.6 is 0 Å². The molecule has 2 aliphatic rings. The van der Waals surface area contributed by atoms with Gasteiger partial charge in [-0.2, -0.15) is 0 Å². The lowest BCUT2D eigenvalue weighted by molar-refractivity contribution is -0.139. The normalized spacial score (nSPS) is 23.1. The first kappa shape index (κ1) is 23.6. The summed E-state index contributed by atoms with van der Waals surface area (Å²) in [4.78, 5) is 30.3. The third-order valence-electron chi connectivity index (χ3n) is 2.92. The number of rotatable bonds is 3. The number of carboxylic acid groups (broad SMARTS) is 1. The molecule has 0 aromatic rings. The monoisotopic (exact) mass is 334 g/mol. The molecule has 2 saturated heterocycles. The molecule has 3 atom stereocenters. The summed E-state index contributed by atoms with van der Waals surface area (Å²) in [7, 11) is 0. The Morgan fingerprint density at radius 2 is 1.52 bits per heavy atom. The molecule has 2 fully saturated rings. The molecule has 2 N–H and O–H groups in total. The summed E-state index contributed by atoms with van der Waals surface area (Å²) in [5.74, 6) is -0.168. The molecule has 7 nitrogen and oxygen atoms in total. The molecule has 0 amide bonds. The van der Waals surface area contributed by atoms with Crippen LogP contribution in [-0.2, 0) is 23.9 Å². The molecular weight excluding hydrogens is 304 g/mol. The first-order valence-corrected chi connectivity index (χ1v) is 7.38. The maximum Gasteiger partial charge on any atom is 0.306 e. The van der Waals surface area contributed by atoms with E-state index in [0.29, 0.717) is 37.9 Å². The molecule has 136 valence electrons. The Kier molecular flexibility index (Phi) is 13.2. The van der Waals surface area contributed by atoms with Crippen LogP contribution in [0.25, 0.3) is 0 Å². The predicted octanol–water partition coefficient (Wildman–Crippen LogP) is 1.86. The third kappa shape index (κ3) is 13.7. The average Bonchev–Trinajstić information content (AvgIpc) is 2.98. The standard InChI is InChI=1S/C5H10O3.2C5H8O2.CH4/c1-4(3-6)2-5(7)8;2*1-4-2-5(6)7-3-4;/h4,6H,2-3H2,1H3,(H,7,8);2*4H,2-3H2,1H3;1H4/t3*4-;/m000./s1. The fraction of sp³-hybridized carbons (Fsp3) is 0.812. The van der Waals surface area contributed by atoms with Gasteiger partial charge < -0.3 is 19.7 Å². The minimum atomic E-state index is -0.855. The number of carboxylic acids is 1. The van der Waals surface area contributed by atoms with Gasteiger partial charge in [0.05, 0.1) is 32.5 Å². The van der Waals surface area contributed by atoms with E-state index in [0.717, 1.165) is 0 Å². The molecule has 0 unspecified atom stereocenters. The van der Waals surface area contributed by atoms with E-state index in [1.165, 1.54) is 0 Å². The highest BCUT2D eigenvalue weighted by molar-refractivity contribution is 5.71. The number of carbonyl (C=O) groups excluding carboxylic acids is 2. The Morgan fingerprint density at radius 3 is 1.61 bits per heavy atom. The van der Waals surface area contributed by atoms with Gasteiger partial charge in [0.1, 0.15) is 0 Å². The number of aliphatic hydroxyl groups excluding tert-OH is 1. The summed E-state index contributed by atoms with van der Waals surface area (Å²) < 4.78 is 9.25. The number of hydrogen-bond donors (Lipinski definition) is 2. The van der Waals surface area contributed by atoms with E-state index in [9.17, 15) is 14.4 Å². The van der Waals surface area contributed by atoms with E-state index in [2.05, 4.69) is 9.47 Å². The largest absolute Gasteiger partial charge is 0.481 e. The number of esters is 2. The predicted molar refractivity (Wildman–Crippen MR) is 84.7 cm³/mol. The minimum Gasteiger partial charge on any atom is -0.481 e. The summed E-state index contributed by atoms with van der Waals surface area (Å²) in [6.07, 6.45) is 1.27. The Balaban J connectivity index is 0. The van der Waals surface area contributed by atoms with Crippen LogP contribution < -0.4 is 0 Å². The van der Waals surface area contributed by atoms with Crippen LogP contribution in [0, 0.1) is 17.8 Å². The quantitative estimate of drug-likeness (QED) is 0.758. The first-order chi connectivity index (χ1) is 10.2. The summed E-state index contributed by atoms with van der Waals surface area (Å²) in [5, 5.41) is 16.4. The van der Waals surface area contributed by atoms with E-state index >= 15 is 0 Å². The molecule has 2 rings (SSSR count). The average molecular weight is 334 g/mol. The fourth-order valence-electron chi connectivity index (χ4n) is 1.64. The molecule has 23 heavy (non-hydrogen) atoms. The number of aliphatic carboxylic acids is 1. The lowest BCUT2D eigenvalue weighted by Crippen LogP contribution is -2.07. The van der Waals surface area contributed by atoms with Crippen LogP contribution in [0.3, 0.4) is 0 Å². The van der Waals surface area contributed by atoms with E-state index < -0.39 is 5.97 Å². The zero-order chi connectivity index (χ0) is 17.1. The maximum absolute atomic E-state index is 10.2. The molecule has 0 bridgehead atoms. The fourth-order valence-corrected chi connectivity index (χ4v) is 1.64. The lowest BCUT2D eigenvalue weighted by Gasteiger charge is -2.00. The van der Waals surface area contributed by atoms with Gasteiger partial charge in [0.25, 0.3) is 0 Å². The van der Waals surface area contributed by atoms with Crippen molar-refractivity contribution in [3.8, 4) is 0 Å². The van der Waals surface area contributed by atoms with Crippen molar-refractivity contribution in [2.45, 2.75) is 47.5 Å². The smallest absolute Gasteiger partial charge is 0.306 e. The number of cyclic esters (lactones) is 2. The van der Waals surface area contributed by atoms with Crippen molar-refractivity contribution in [3.05, 3.63) is 0 Å². The first-order valence-electron chi connectivity index (χ1n) is 7.38. The molecule has 2 heterocycles. The highest BCUT2D eigenvalue weighted by Crippen LogP contribution is 2.11. The van der Waals surface area contributed by atoms with Gasteiger partial charge in [-0.3, -0.25) is 14.4 Å². The zero-order valence-corrected chi connectivity index (χ0v) is 13.4. The van der Waals surface area contributed by atoms with Gasteiger partial charge in [-0.1, -0.05) is 28.2 Å². The summed E-state index contributed by atoms with van der Waals surface area (Å²) in [6.45, 7) is 6.90. The molecule has 2 aliphatic heterocycles. The van der Waals surface area contributed by atoms with Crippen molar-refractivity contribution in [2.24, 2.45) is 17.8 Å². The van der Waals surface area contributed by atoms with Gasteiger partial charge in [-0.15, -0.1) is 0 Å². The topological polar surface area (TPSA) is 110 Å². The van der Waals surface area contributed by atoms with Crippen LogP contribution in [-0.4, -0.2) is 47.9 Å². The Bertz CT molecular complexity index is 343. The van der Waals surface area contributed by atoms with E-state index in [1.54, 1.807) is 6.92 Å². The molecule has 0 aromatic carbocycles. The van der Waals surface area contributed by atoms with Gasteiger partial charge in [-0.25, -0.2) is 0 Å². The zero-order valence-electron chi connectivity index (χ0n) is 13.4. The highest BCUT2D eigenvalue weighted by Gasteiger charge is 2.18. The second kappa shape index (κ2) is 12.9. The van der Waals surface area contributed by atoms with Gasteiger partial charge in [0.15, 0.2) is 0 Å². The van der Waals surface area contributed by atoms with Crippen molar-refractivity contribution in [1.82, 2.24) is 0 Å². The van der Waals surface area contributed by atoms with Crippen molar-refractivity contribution < 1.29 is 34.1 Å². The third-order valence-corrected chi connectivity index (χ3v) is 2.92. The molecule has 0 aromatic heterocycles. The van der Waals surface area contributed by atoms with E-state index in [4.69, 9.17) is 10.2 Å². The molecule has 0 saturated carbocycles. The van der Waals surface area contributed by atoms with Gasteiger partial charge >= 0.3 is 17.9 Å². The van der Waals surface area contributed by atoms with E-state index in [-0.39, 0.29) is 38.3 Å². The van der Waals surface area contributed by atoms with Crippen molar-refractivity contribution in [1.29, 1.82) is 0 Å². The van der Waals surface area contributed by atoms with Crippen LogP contribution in [0.4, 0.5) is 0 Å². The molecule has 0 aliphatic carbocycles. The van der Waals surface area contributed by atoms with Gasteiger partial charge in [0.2, 0.25) is 0 Å². The van der Waals surface area contributed by atoms with Crippen LogP contribution in [0.15, 0.2) is 0 Å². The van der Waals surface area contributed by atoms with Gasteiger partial charge in [-0.05, 0) is 5.92 Å². The summed E-state index contributed by atoms with van der Waals surface area (Å²) in [5.41, 5.74) is 0. The van der Waals surface area contributed by atoms with Crippen molar-refractivity contribution >= 4 is 17.9 Å². The van der Waals surface area contributed by atoms with Crippen LogP contribution in [0.1, 0.15) is 47.5 Å². The number of hydrogen-bond acceptors (Lipinski definition) is 6. The number of aliphatic hydroxyl groups is 1. The van der Waals surface area contributed by atoms with Crippen LogP contribution in [0.5, 0.6) is 0 Å². The SMILES string of the molecule is C.C[C@@H]1COC(=O)C1.C[C@@H]1COC(=O)C1.C[C@H](CO)CC(=O)O. The Morgan fingerprint density at radius 1 is 1.13 bits per heavy atom. The van der Waals surface area contributed by atoms with Crippen molar-refractivity contribution in [3.63, 3.8) is 0 Å². The second-order valence-corrected chi connectivity index (χ2v) is 5.87. The maximum atomic E-state index is 10.2. The second-order valence-electron chi connectivity index (χ2n) is 5.87.